The first-order valence-electron chi connectivity index (χ1n) is 8.57. The van der Waals surface area contributed by atoms with Gasteiger partial charge in [0.15, 0.2) is 5.13 Å². The molecule has 6 nitrogen and oxygen atoms in total. The molecular formula is C17H27N5OS. The first kappa shape index (κ1) is 17.4. The molecule has 0 spiro atoms. The van der Waals surface area contributed by atoms with Gasteiger partial charge in [-0.25, -0.2) is 4.98 Å². The summed E-state index contributed by atoms with van der Waals surface area (Å²) in [6.45, 7) is 12.9. The third-order valence-corrected chi connectivity index (χ3v) is 5.84. The van der Waals surface area contributed by atoms with Crippen molar-refractivity contribution < 1.29 is 4.74 Å². The summed E-state index contributed by atoms with van der Waals surface area (Å²) in [6.07, 6.45) is 4.00. The van der Waals surface area contributed by atoms with Crippen molar-refractivity contribution in [2.45, 2.75) is 46.3 Å². The van der Waals surface area contributed by atoms with Crippen LogP contribution in [0.15, 0.2) is 12.4 Å². The van der Waals surface area contributed by atoms with Crippen molar-refractivity contribution in [1.82, 2.24) is 20.1 Å². The average Bonchev–Trinajstić information content (AvgIpc) is 3.19. The van der Waals surface area contributed by atoms with Crippen LogP contribution in [0.4, 0.5) is 5.13 Å². The smallest absolute Gasteiger partial charge is 0.185 e. The maximum atomic E-state index is 5.42. The largest absolute Gasteiger partial charge is 0.378 e. The Morgan fingerprint density at radius 2 is 2.04 bits per heavy atom. The van der Waals surface area contributed by atoms with E-state index in [0.29, 0.717) is 12.1 Å². The number of thiazole rings is 1. The fraction of sp³-hybridized carbons (Fsp3) is 0.647. The monoisotopic (exact) mass is 349 g/mol. The highest BCUT2D eigenvalue weighted by molar-refractivity contribution is 7.15. The molecule has 0 aliphatic carbocycles. The van der Waals surface area contributed by atoms with Gasteiger partial charge in [-0.1, -0.05) is 0 Å². The van der Waals surface area contributed by atoms with Crippen molar-refractivity contribution >= 4 is 16.5 Å². The molecule has 3 heterocycles. The second-order valence-corrected chi connectivity index (χ2v) is 7.57. The molecule has 1 saturated heterocycles. The molecule has 0 saturated carbocycles. The molecule has 0 amide bonds. The zero-order valence-corrected chi connectivity index (χ0v) is 15.8. The minimum absolute atomic E-state index is 0.311. The zero-order chi connectivity index (χ0) is 17.1. The number of rotatable bonds is 6. The molecule has 0 bridgehead atoms. The van der Waals surface area contributed by atoms with Crippen molar-refractivity contribution in [2.75, 3.05) is 31.2 Å². The van der Waals surface area contributed by atoms with Crippen LogP contribution >= 0.6 is 11.3 Å². The fourth-order valence-electron chi connectivity index (χ4n) is 2.78. The van der Waals surface area contributed by atoms with Gasteiger partial charge in [0.25, 0.3) is 0 Å². The van der Waals surface area contributed by atoms with E-state index < -0.39 is 0 Å². The average molecular weight is 350 g/mol. The van der Waals surface area contributed by atoms with E-state index in [1.165, 1.54) is 10.4 Å². The number of ether oxygens (including phenoxy) is 1. The molecule has 0 unspecified atom stereocenters. The summed E-state index contributed by atoms with van der Waals surface area (Å²) < 4.78 is 7.46. The number of aromatic nitrogens is 3. The van der Waals surface area contributed by atoms with E-state index in [1.54, 1.807) is 11.3 Å². The first-order chi connectivity index (χ1) is 11.5. The zero-order valence-electron chi connectivity index (χ0n) is 15.0. The van der Waals surface area contributed by atoms with Crippen molar-refractivity contribution in [3.8, 4) is 0 Å². The lowest BCUT2D eigenvalue weighted by molar-refractivity contribution is 0.122. The molecule has 1 aliphatic rings. The van der Waals surface area contributed by atoms with Gasteiger partial charge in [0.2, 0.25) is 0 Å². The lowest BCUT2D eigenvalue weighted by Gasteiger charge is -2.26. The molecule has 0 radical (unpaired) electrons. The topological polar surface area (TPSA) is 55.2 Å². The lowest BCUT2D eigenvalue weighted by Crippen LogP contribution is -2.36. The maximum Gasteiger partial charge on any atom is 0.185 e. The van der Waals surface area contributed by atoms with Gasteiger partial charge >= 0.3 is 0 Å². The highest BCUT2D eigenvalue weighted by atomic mass is 32.1. The van der Waals surface area contributed by atoms with Crippen LogP contribution in [0, 0.1) is 13.8 Å². The third-order valence-electron chi connectivity index (χ3n) is 4.62. The number of nitrogens with one attached hydrogen (secondary N) is 1. The summed E-state index contributed by atoms with van der Waals surface area (Å²) in [7, 11) is 0. The normalized spacial score (nSPS) is 17.9. The standard InChI is InChI=1S/C17H27N5OS/c1-12-9-19-22(11-12)15(4)13(2)18-10-16-14(3)20-17(24-16)21-5-7-23-8-6-21/h9,11,13,15,18H,5-8,10H2,1-4H3/t13-,15-/m1/s1. The molecule has 24 heavy (non-hydrogen) atoms. The molecule has 0 aromatic carbocycles. The van der Waals surface area contributed by atoms with Gasteiger partial charge in [-0.05, 0) is 33.3 Å². The van der Waals surface area contributed by atoms with E-state index in [0.717, 1.165) is 43.7 Å². The van der Waals surface area contributed by atoms with Crippen LogP contribution in [0.3, 0.4) is 0 Å². The van der Waals surface area contributed by atoms with Gasteiger partial charge in [-0.3, -0.25) is 4.68 Å². The first-order valence-corrected chi connectivity index (χ1v) is 9.39. The summed E-state index contributed by atoms with van der Waals surface area (Å²) in [5, 5.41) is 9.17. The Hall–Kier alpha value is -1.44. The van der Waals surface area contributed by atoms with Crippen LogP contribution in [0.25, 0.3) is 0 Å². The highest BCUT2D eigenvalue weighted by Crippen LogP contribution is 2.27. The van der Waals surface area contributed by atoms with Gasteiger partial charge < -0.3 is 15.0 Å². The number of hydrogen-bond acceptors (Lipinski definition) is 6. The Bertz CT molecular complexity index is 662. The Labute approximate surface area is 147 Å². The van der Waals surface area contributed by atoms with Crippen LogP contribution in [0.1, 0.15) is 36.0 Å². The molecule has 2 aromatic heterocycles. The molecule has 3 rings (SSSR count). The maximum absolute atomic E-state index is 5.42. The van der Waals surface area contributed by atoms with Crippen molar-refractivity contribution in [1.29, 1.82) is 0 Å². The van der Waals surface area contributed by atoms with E-state index in [-0.39, 0.29) is 0 Å². The predicted molar refractivity (Wildman–Crippen MR) is 97.9 cm³/mol. The van der Waals surface area contributed by atoms with Gasteiger partial charge in [-0.15, -0.1) is 11.3 Å². The van der Waals surface area contributed by atoms with E-state index in [4.69, 9.17) is 9.72 Å². The van der Waals surface area contributed by atoms with Gasteiger partial charge in [0, 0.05) is 36.8 Å². The number of hydrogen-bond donors (Lipinski definition) is 1. The summed E-state index contributed by atoms with van der Waals surface area (Å²) in [5.41, 5.74) is 2.33. The molecule has 2 atom stereocenters. The van der Waals surface area contributed by atoms with Gasteiger partial charge in [-0.2, -0.15) is 5.10 Å². The number of anilines is 1. The van der Waals surface area contributed by atoms with Crippen LogP contribution in [0.2, 0.25) is 0 Å². The second-order valence-electron chi connectivity index (χ2n) is 6.51. The summed E-state index contributed by atoms with van der Waals surface area (Å²) >= 11 is 1.79. The van der Waals surface area contributed by atoms with Crippen molar-refractivity contribution in [2.24, 2.45) is 0 Å². The van der Waals surface area contributed by atoms with Crippen molar-refractivity contribution in [3.63, 3.8) is 0 Å². The summed E-state index contributed by atoms with van der Waals surface area (Å²) in [6, 6.07) is 0.642. The molecule has 1 N–H and O–H groups in total. The van der Waals surface area contributed by atoms with Crippen LogP contribution in [-0.2, 0) is 11.3 Å². The molecular weight excluding hydrogens is 322 g/mol. The predicted octanol–water partition coefficient (Wildman–Crippen LogP) is 2.53. The van der Waals surface area contributed by atoms with Gasteiger partial charge in [0.1, 0.15) is 0 Å². The van der Waals surface area contributed by atoms with Crippen LogP contribution < -0.4 is 10.2 Å². The second kappa shape index (κ2) is 7.63. The number of aryl methyl sites for hydroxylation is 2. The van der Waals surface area contributed by atoms with E-state index in [2.05, 4.69) is 49.2 Å². The molecule has 1 fully saturated rings. The third kappa shape index (κ3) is 3.96. The molecule has 132 valence electrons. The lowest BCUT2D eigenvalue weighted by atomic mass is 10.1. The fourth-order valence-corrected chi connectivity index (χ4v) is 3.84. The van der Waals surface area contributed by atoms with Crippen LogP contribution in [-0.4, -0.2) is 47.1 Å². The van der Waals surface area contributed by atoms with Gasteiger partial charge in [0.05, 0.1) is 31.1 Å². The van der Waals surface area contributed by atoms with E-state index >= 15 is 0 Å². The highest BCUT2D eigenvalue weighted by Gasteiger charge is 2.19. The Morgan fingerprint density at radius 3 is 2.71 bits per heavy atom. The van der Waals surface area contributed by atoms with Crippen molar-refractivity contribution in [3.05, 3.63) is 28.5 Å². The molecule has 2 aromatic rings. The Balaban J connectivity index is 1.58. The van der Waals surface area contributed by atoms with E-state index in [9.17, 15) is 0 Å². The molecule has 7 heteroatoms. The summed E-state index contributed by atoms with van der Waals surface area (Å²) in [4.78, 5) is 8.38. The number of morpholine rings is 1. The van der Waals surface area contributed by atoms with E-state index in [1.807, 2.05) is 10.9 Å². The van der Waals surface area contributed by atoms with Crippen LogP contribution in [0.5, 0.6) is 0 Å². The minimum atomic E-state index is 0.311. The minimum Gasteiger partial charge on any atom is -0.378 e. The number of nitrogens with zero attached hydrogens (tertiary/aromatic N) is 4. The SMILES string of the molecule is Cc1cnn([C@H](C)[C@@H](C)NCc2sc(N3CCOCC3)nc2C)c1. The summed E-state index contributed by atoms with van der Waals surface area (Å²) in [5.74, 6) is 0. The quantitative estimate of drug-likeness (QED) is 0.868. The Kier molecular flexibility index (Phi) is 5.53. The molecule has 1 aliphatic heterocycles. The Morgan fingerprint density at radius 1 is 1.29 bits per heavy atom.